The van der Waals surface area contributed by atoms with E-state index in [0.29, 0.717) is 18.1 Å². The third-order valence-corrected chi connectivity index (χ3v) is 4.21. The van der Waals surface area contributed by atoms with E-state index < -0.39 is 0 Å². The number of rotatable bonds is 7. The minimum absolute atomic E-state index is 0.468. The van der Waals surface area contributed by atoms with Crippen LogP contribution in [0.2, 0.25) is 0 Å². The standard InChI is InChI=1S/C15H27N5O/c1-12(2)7-16-8-13-9-20(18-17-13)6-5-19-10-14-3-4-15(11-19)21-14/h9,12,14-16H,3-8,10-11H2,1-2H3. The number of hydrogen-bond acceptors (Lipinski definition) is 5. The van der Waals surface area contributed by atoms with Crippen molar-refractivity contribution in [3.63, 3.8) is 0 Å². The van der Waals surface area contributed by atoms with Crippen LogP contribution in [-0.2, 0) is 17.8 Å². The van der Waals surface area contributed by atoms with E-state index in [-0.39, 0.29) is 0 Å². The van der Waals surface area contributed by atoms with E-state index in [1.54, 1.807) is 0 Å². The van der Waals surface area contributed by atoms with Crippen LogP contribution in [0.3, 0.4) is 0 Å². The summed E-state index contributed by atoms with van der Waals surface area (Å²) in [6.07, 6.45) is 5.46. The second-order valence-electron chi connectivity index (χ2n) is 6.71. The molecule has 118 valence electrons. The first-order chi connectivity index (χ1) is 10.2. The zero-order valence-corrected chi connectivity index (χ0v) is 13.2. The van der Waals surface area contributed by atoms with Crippen molar-refractivity contribution in [2.24, 2.45) is 5.92 Å². The number of likely N-dealkylation sites (tertiary alicyclic amines) is 1. The van der Waals surface area contributed by atoms with Gasteiger partial charge >= 0.3 is 0 Å². The van der Waals surface area contributed by atoms with Gasteiger partial charge in [0.2, 0.25) is 0 Å². The van der Waals surface area contributed by atoms with Crippen LogP contribution in [0.15, 0.2) is 6.20 Å². The highest BCUT2D eigenvalue weighted by atomic mass is 16.5. The molecule has 0 saturated carbocycles. The van der Waals surface area contributed by atoms with Gasteiger partial charge < -0.3 is 10.1 Å². The Morgan fingerprint density at radius 3 is 2.76 bits per heavy atom. The van der Waals surface area contributed by atoms with Crippen molar-refractivity contribution in [2.45, 2.75) is 52.0 Å². The Hall–Kier alpha value is -0.980. The van der Waals surface area contributed by atoms with E-state index in [0.717, 1.165) is 45.0 Å². The predicted octanol–water partition coefficient (Wildman–Crippen LogP) is 0.887. The van der Waals surface area contributed by atoms with Gasteiger partial charge in [0.15, 0.2) is 0 Å². The maximum atomic E-state index is 5.86. The van der Waals surface area contributed by atoms with E-state index in [1.807, 2.05) is 4.68 Å². The number of nitrogens with one attached hydrogen (secondary N) is 1. The summed E-state index contributed by atoms with van der Waals surface area (Å²) >= 11 is 0. The smallest absolute Gasteiger partial charge is 0.0964 e. The summed E-state index contributed by atoms with van der Waals surface area (Å²) in [5, 5.41) is 11.8. The second kappa shape index (κ2) is 6.85. The minimum atomic E-state index is 0.468. The lowest BCUT2D eigenvalue weighted by Crippen LogP contribution is -2.43. The molecule has 0 radical (unpaired) electrons. The summed E-state index contributed by atoms with van der Waals surface area (Å²) in [5.41, 5.74) is 1.03. The van der Waals surface area contributed by atoms with Gasteiger partial charge in [0.25, 0.3) is 0 Å². The Morgan fingerprint density at radius 1 is 1.29 bits per heavy atom. The Balaban J connectivity index is 1.40. The molecule has 0 amide bonds. The first-order valence-electron chi connectivity index (χ1n) is 8.16. The van der Waals surface area contributed by atoms with Crippen LogP contribution in [0, 0.1) is 5.92 Å². The highest BCUT2D eigenvalue weighted by Gasteiger charge is 2.33. The molecule has 1 N–H and O–H groups in total. The zero-order valence-electron chi connectivity index (χ0n) is 13.2. The summed E-state index contributed by atoms with van der Waals surface area (Å²) in [5.74, 6) is 0.664. The van der Waals surface area contributed by atoms with E-state index in [1.165, 1.54) is 12.8 Å². The van der Waals surface area contributed by atoms with Crippen molar-refractivity contribution in [3.05, 3.63) is 11.9 Å². The number of aromatic nitrogens is 3. The monoisotopic (exact) mass is 293 g/mol. The number of nitrogens with zero attached hydrogens (tertiary/aromatic N) is 4. The van der Waals surface area contributed by atoms with E-state index in [2.05, 4.69) is 40.6 Å². The molecule has 0 aliphatic carbocycles. The summed E-state index contributed by atoms with van der Waals surface area (Å²) in [7, 11) is 0. The summed E-state index contributed by atoms with van der Waals surface area (Å²) in [6.45, 7) is 10.3. The van der Waals surface area contributed by atoms with Crippen LogP contribution in [0.1, 0.15) is 32.4 Å². The Labute approximate surface area is 126 Å². The maximum absolute atomic E-state index is 5.86. The van der Waals surface area contributed by atoms with Gasteiger partial charge in [-0.05, 0) is 25.3 Å². The SMILES string of the molecule is CC(C)CNCc1cn(CCN2CC3CCC(C2)O3)nn1. The van der Waals surface area contributed by atoms with Crippen molar-refractivity contribution < 1.29 is 4.74 Å². The first-order valence-corrected chi connectivity index (χ1v) is 8.16. The molecule has 2 atom stereocenters. The Kier molecular flexibility index (Phi) is 4.87. The van der Waals surface area contributed by atoms with Gasteiger partial charge in [0.1, 0.15) is 0 Å². The van der Waals surface area contributed by atoms with Gasteiger partial charge in [-0.1, -0.05) is 19.1 Å². The van der Waals surface area contributed by atoms with E-state index >= 15 is 0 Å². The Bertz CT molecular complexity index is 435. The normalized spacial score (nSPS) is 25.9. The highest BCUT2D eigenvalue weighted by Crippen LogP contribution is 2.25. The molecular weight excluding hydrogens is 266 g/mol. The van der Waals surface area contributed by atoms with Crippen molar-refractivity contribution in [2.75, 3.05) is 26.2 Å². The molecule has 1 aromatic heterocycles. The topological polar surface area (TPSA) is 55.2 Å². The van der Waals surface area contributed by atoms with Crippen molar-refractivity contribution in [1.82, 2.24) is 25.2 Å². The molecule has 2 bridgehead atoms. The second-order valence-corrected chi connectivity index (χ2v) is 6.71. The summed E-state index contributed by atoms with van der Waals surface area (Å²) in [4.78, 5) is 2.50. The van der Waals surface area contributed by atoms with Crippen LogP contribution < -0.4 is 5.32 Å². The molecule has 6 heteroatoms. The van der Waals surface area contributed by atoms with Crippen LogP contribution in [-0.4, -0.2) is 58.3 Å². The third-order valence-electron chi connectivity index (χ3n) is 4.21. The fourth-order valence-electron chi connectivity index (χ4n) is 3.14. The van der Waals surface area contributed by atoms with Crippen LogP contribution in [0.5, 0.6) is 0 Å². The fourth-order valence-corrected chi connectivity index (χ4v) is 3.14. The lowest BCUT2D eigenvalue weighted by Gasteiger charge is -2.31. The molecule has 3 heterocycles. The molecule has 21 heavy (non-hydrogen) atoms. The molecule has 2 aliphatic heterocycles. The lowest BCUT2D eigenvalue weighted by molar-refractivity contribution is -0.0392. The fraction of sp³-hybridized carbons (Fsp3) is 0.867. The van der Waals surface area contributed by atoms with Crippen molar-refractivity contribution in [3.8, 4) is 0 Å². The maximum Gasteiger partial charge on any atom is 0.0964 e. The van der Waals surface area contributed by atoms with Gasteiger partial charge in [-0.3, -0.25) is 9.58 Å². The molecule has 2 unspecified atom stereocenters. The Morgan fingerprint density at radius 2 is 2.05 bits per heavy atom. The number of fused-ring (bicyclic) bond motifs is 2. The molecule has 0 spiro atoms. The highest BCUT2D eigenvalue weighted by molar-refractivity contribution is 4.92. The van der Waals surface area contributed by atoms with Gasteiger partial charge in [-0.25, -0.2) is 0 Å². The van der Waals surface area contributed by atoms with Crippen molar-refractivity contribution in [1.29, 1.82) is 0 Å². The largest absolute Gasteiger partial charge is 0.372 e. The third kappa shape index (κ3) is 4.25. The van der Waals surface area contributed by atoms with Crippen LogP contribution in [0.25, 0.3) is 0 Å². The first kappa shape index (κ1) is 14.9. The van der Waals surface area contributed by atoms with Crippen molar-refractivity contribution >= 4 is 0 Å². The molecule has 0 aromatic carbocycles. The molecule has 2 fully saturated rings. The number of morpholine rings is 1. The van der Waals surface area contributed by atoms with E-state index in [4.69, 9.17) is 4.74 Å². The van der Waals surface area contributed by atoms with Gasteiger partial charge in [-0.2, -0.15) is 0 Å². The van der Waals surface area contributed by atoms with Crippen LogP contribution in [0.4, 0.5) is 0 Å². The molecule has 3 rings (SSSR count). The summed E-state index contributed by atoms with van der Waals surface area (Å²) < 4.78 is 7.82. The average Bonchev–Trinajstić information content (AvgIpc) is 3.03. The molecule has 2 saturated heterocycles. The predicted molar refractivity (Wildman–Crippen MR) is 80.9 cm³/mol. The summed E-state index contributed by atoms with van der Waals surface area (Å²) in [6, 6.07) is 0. The molecule has 2 aliphatic rings. The molecule has 6 nitrogen and oxygen atoms in total. The lowest BCUT2D eigenvalue weighted by atomic mass is 10.2. The average molecular weight is 293 g/mol. The molecular formula is C15H27N5O. The molecule has 1 aromatic rings. The quantitative estimate of drug-likeness (QED) is 0.809. The van der Waals surface area contributed by atoms with Gasteiger partial charge in [0.05, 0.1) is 24.4 Å². The van der Waals surface area contributed by atoms with E-state index in [9.17, 15) is 0 Å². The zero-order chi connectivity index (χ0) is 14.7. The van der Waals surface area contributed by atoms with Gasteiger partial charge in [-0.15, -0.1) is 5.10 Å². The van der Waals surface area contributed by atoms with Gasteiger partial charge in [0, 0.05) is 32.4 Å². The number of ether oxygens (including phenoxy) is 1. The number of hydrogen-bond donors (Lipinski definition) is 1. The minimum Gasteiger partial charge on any atom is -0.372 e. The van der Waals surface area contributed by atoms with Crippen LogP contribution >= 0.6 is 0 Å².